The van der Waals surface area contributed by atoms with Crippen LogP contribution in [-0.4, -0.2) is 41.7 Å². The Kier molecular flexibility index (Phi) is 4.17. The molecular formula is C13H22N2OS. The van der Waals surface area contributed by atoms with E-state index >= 15 is 0 Å². The summed E-state index contributed by atoms with van der Waals surface area (Å²) in [5.41, 5.74) is 1.13. The smallest absolute Gasteiger partial charge is 0.0975 e. The van der Waals surface area contributed by atoms with Crippen molar-refractivity contribution in [2.24, 2.45) is 0 Å². The summed E-state index contributed by atoms with van der Waals surface area (Å²) in [6.45, 7) is 6.75. The summed E-state index contributed by atoms with van der Waals surface area (Å²) in [4.78, 5) is 8.38. The van der Waals surface area contributed by atoms with Crippen molar-refractivity contribution in [2.75, 3.05) is 26.7 Å². The van der Waals surface area contributed by atoms with Gasteiger partial charge < -0.3 is 10.0 Å². The molecule has 0 bridgehead atoms. The van der Waals surface area contributed by atoms with E-state index in [-0.39, 0.29) is 12.5 Å². The minimum Gasteiger partial charge on any atom is -0.396 e. The fourth-order valence-corrected chi connectivity index (χ4v) is 3.89. The molecule has 2 rings (SSSR count). The number of nitrogens with zero attached hydrogens (tertiary/aromatic N) is 2. The predicted octanol–water partition coefficient (Wildman–Crippen LogP) is 2.36. The van der Waals surface area contributed by atoms with Gasteiger partial charge in [-0.25, -0.2) is 4.98 Å². The first kappa shape index (κ1) is 13.0. The van der Waals surface area contributed by atoms with Crippen molar-refractivity contribution in [3.63, 3.8) is 0 Å². The van der Waals surface area contributed by atoms with Crippen molar-refractivity contribution in [2.45, 2.75) is 38.5 Å². The van der Waals surface area contributed by atoms with E-state index in [1.165, 1.54) is 22.9 Å². The molecule has 17 heavy (non-hydrogen) atoms. The van der Waals surface area contributed by atoms with E-state index in [9.17, 15) is 5.11 Å². The van der Waals surface area contributed by atoms with Gasteiger partial charge in [-0.2, -0.15) is 0 Å². The van der Waals surface area contributed by atoms with Gasteiger partial charge in [0.15, 0.2) is 0 Å². The maximum atomic E-state index is 9.39. The van der Waals surface area contributed by atoms with Gasteiger partial charge in [0, 0.05) is 23.3 Å². The Morgan fingerprint density at radius 2 is 2.35 bits per heavy atom. The van der Waals surface area contributed by atoms with Crippen LogP contribution in [0.2, 0.25) is 0 Å². The van der Waals surface area contributed by atoms with Crippen LogP contribution in [0.4, 0.5) is 0 Å². The van der Waals surface area contributed by atoms with E-state index in [1.807, 2.05) is 11.3 Å². The molecule has 1 saturated heterocycles. The Balaban J connectivity index is 2.18. The molecule has 0 spiro atoms. The van der Waals surface area contributed by atoms with Crippen molar-refractivity contribution in [3.8, 4) is 0 Å². The van der Waals surface area contributed by atoms with Crippen molar-refractivity contribution < 1.29 is 5.11 Å². The van der Waals surface area contributed by atoms with Crippen LogP contribution < -0.4 is 0 Å². The molecule has 0 aliphatic carbocycles. The summed E-state index contributed by atoms with van der Waals surface area (Å²) >= 11 is 1.82. The average molecular weight is 254 g/mol. The van der Waals surface area contributed by atoms with Gasteiger partial charge in [-0.15, -0.1) is 11.3 Å². The van der Waals surface area contributed by atoms with Gasteiger partial charge in [-0.05, 0) is 33.4 Å². The number of aliphatic hydroxyl groups excluding tert-OH is 1. The summed E-state index contributed by atoms with van der Waals surface area (Å²) in [6.07, 6.45) is 2.21. The van der Waals surface area contributed by atoms with E-state index in [0.717, 1.165) is 18.7 Å². The highest BCUT2D eigenvalue weighted by Gasteiger charge is 2.26. The molecule has 2 atom stereocenters. The lowest BCUT2D eigenvalue weighted by molar-refractivity contribution is 0.263. The molecule has 1 aliphatic rings. The van der Waals surface area contributed by atoms with Crippen molar-refractivity contribution in [1.82, 2.24) is 9.88 Å². The number of rotatable bonds is 4. The second kappa shape index (κ2) is 5.46. The first-order chi connectivity index (χ1) is 8.15. The number of aliphatic hydroxyl groups is 1. The second-order valence-corrected chi connectivity index (χ2v) is 6.10. The van der Waals surface area contributed by atoms with Gasteiger partial charge in [-0.1, -0.05) is 6.92 Å². The second-order valence-electron chi connectivity index (χ2n) is 5.04. The van der Waals surface area contributed by atoms with Gasteiger partial charge in [0.25, 0.3) is 0 Å². The molecule has 1 N–H and O–H groups in total. The molecule has 0 aromatic carbocycles. The van der Waals surface area contributed by atoms with E-state index in [0.29, 0.717) is 5.92 Å². The summed E-state index contributed by atoms with van der Waals surface area (Å²) in [7, 11) is 2.17. The minimum atomic E-state index is 0.240. The number of aryl methyl sites for hydroxylation is 1. The highest BCUT2D eigenvalue weighted by Crippen LogP contribution is 2.35. The van der Waals surface area contributed by atoms with Gasteiger partial charge in [0.05, 0.1) is 17.3 Å². The first-order valence-electron chi connectivity index (χ1n) is 6.42. The van der Waals surface area contributed by atoms with Crippen LogP contribution >= 0.6 is 11.3 Å². The van der Waals surface area contributed by atoms with E-state index in [1.54, 1.807) is 0 Å². The maximum Gasteiger partial charge on any atom is 0.0975 e. The summed E-state index contributed by atoms with van der Waals surface area (Å²) in [6, 6.07) is 0. The zero-order chi connectivity index (χ0) is 12.4. The van der Waals surface area contributed by atoms with Gasteiger partial charge in [-0.3, -0.25) is 0 Å². The van der Waals surface area contributed by atoms with Gasteiger partial charge in [0.2, 0.25) is 0 Å². The Labute approximate surface area is 107 Å². The van der Waals surface area contributed by atoms with Crippen LogP contribution in [0.15, 0.2) is 0 Å². The molecule has 2 unspecified atom stereocenters. The normalized spacial score (nSPS) is 23.2. The third kappa shape index (κ3) is 2.69. The minimum absolute atomic E-state index is 0.240. The molecule has 4 heteroatoms. The highest BCUT2D eigenvalue weighted by molar-refractivity contribution is 7.12. The van der Waals surface area contributed by atoms with Crippen LogP contribution in [0, 0.1) is 6.92 Å². The maximum absolute atomic E-state index is 9.39. The molecule has 0 amide bonds. The summed E-state index contributed by atoms with van der Waals surface area (Å²) in [5, 5.41) is 10.7. The van der Waals surface area contributed by atoms with E-state index in [2.05, 4.69) is 25.8 Å². The molecule has 2 heterocycles. The van der Waals surface area contributed by atoms with Crippen molar-refractivity contribution in [1.29, 1.82) is 0 Å². The van der Waals surface area contributed by atoms with E-state index < -0.39 is 0 Å². The van der Waals surface area contributed by atoms with Crippen LogP contribution in [0.3, 0.4) is 0 Å². The van der Waals surface area contributed by atoms with Crippen LogP contribution in [0.1, 0.15) is 47.2 Å². The predicted molar refractivity (Wildman–Crippen MR) is 71.8 cm³/mol. The number of hydrogen-bond donors (Lipinski definition) is 1. The fourth-order valence-electron chi connectivity index (χ4n) is 2.52. The molecule has 1 fully saturated rings. The molecule has 3 nitrogen and oxygen atoms in total. The Morgan fingerprint density at radius 1 is 1.59 bits per heavy atom. The Morgan fingerprint density at radius 3 is 2.88 bits per heavy atom. The quantitative estimate of drug-likeness (QED) is 0.896. The molecule has 0 radical (unpaired) electrons. The SMILES string of the molecule is CCC(CO)c1sc(C2CCN(C)C2)nc1C. The van der Waals surface area contributed by atoms with Crippen molar-refractivity contribution in [3.05, 3.63) is 15.6 Å². The van der Waals surface area contributed by atoms with E-state index in [4.69, 9.17) is 4.98 Å². The monoisotopic (exact) mass is 254 g/mol. The first-order valence-corrected chi connectivity index (χ1v) is 7.24. The highest BCUT2D eigenvalue weighted by atomic mass is 32.1. The lowest BCUT2D eigenvalue weighted by atomic mass is 10.1. The average Bonchev–Trinajstić information content (AvgIpc) is 2.88. The van der Waals surface area contributed by atoms with Crippen LogP contribution in [-0.2, 0) is 0 Å². The third-order valence-electron chi connectivity index (χ3n) is 3.67. The zero-order valence-electron chi connectivity index (χ0n) is 10.9. The summed E-state index contributed by atoms with van der Waals surface area (Å²) < 4.78 is 0. The lowest BCUT2D eigenvalue weighted by Crippen LogP contribution is -2.13. The van der Waals surface area contributed by atoms with Crippen molar-refractivity contribution >= 4 is 11.3 Å². The number of hydrogen-bond acceptors (Lipinski definition) is 4. The number of likely N-dealkylation sites (tertiary alicyclic amines) is 1. The lowest BCUT2D eigenvalue weighted by Gasteiger charge is -2.09. The van der Waals surface area contributed by atoms with Gasteiger partial charge in [0.1, 0.15) is 0 Å². The topological polar surface area (TPSA) is 36.4 Å². The van der Waals surface area contributed by atoms with Crippen LogP contribution in [0.5, 0.6) is 0 Å². The molecular weight excluding hydrogens is 232 g/mol. The number of aromatic nitrogens is 1. The number of thiazole rings is 1. The fraction of sp³-hybridized carbons (Fsp3) is 0.769. The molecule has 1 aliphatic heterocycles. The third-order valence-corrected chi connectivity index (χ3v) is 5.16. The molecule has 96 valence electrons. The molecule has 0 saturated carbocycles. The summed E-state index contributed by atoms with van der Waals surface area (Å²) in [5.74, 6) is 0.883. The Hall–Kier alpha value is -0.450. The Bertz CT molecular complexity index is 373. The molecule has 1 aromatic rings. The van der Waals surface area contributed by atoms with Crippen LogP contribution in [0.25, 0.3) is 0 Å². The zero-order valence-corrected chi connectivity index (χ0v) is 11.8. The number of likely N-dealkylation sites (N-methyl/N-ethyl adjacent to an activating group) is 1. The largest absolute Gasteiger partial charge is 0.396 e. The standard InChI is InChI=1S/C13H22N2OS/c1-4-10(8-16)12-9(2)14-13(17-12)11-5-6-15(3)7-11/h10-11,16H,4-8H2,1-3H3. The molecule has 1 aromatic heterocycles. The van der Waals surface area contributed by atoms with Gasteiger partial charge >= 0.3 is 0 Å².